The van der Waals surface area contributed by atoms with Crippen LogP contribution in [0, 0.1) is 17.2 Å². The molecule has 0 bridgehead atoms. The summed E-state index contributed by atoms with van der Waals surface area (Å²) >= 11 is 0. The number of pyridine rings is 2. The molecule has 2 fully saturated rings. The molecular weight excluding hydrogens is 399 g/mol. The van der Waals surface area contributed by atoms with Crippen molar-refractivity contribution in [3.8, 4) is 0 Å². The Morgan fingerprint density at radius 1 is 1.41 bits per heavy atom. The van der Waals surface area contributed by atoms with Gasteiger partial charge in [-0.2, -0.15) is 0 Å². The number of carboxylic acid groups (broad SMARTS) is 1. The Kier molecular flexibility index (Phi) is 5.62. The molecule has 1 saturated heterocycles. The van der Waals surface area contributed by atoms with Crippen LogP contribution in [0.2, 0.25) is 0 Å². The third-order valence-electron chi connectivity index (χ3n) is 6.00. The third-order valence-corrected chi connectivity index (χ3v) is 6.00. The van der Waals surface area contributed by atoms with E-state index in [4.69, 9.17) is 0 Å². The summed E-state index contributed by atoms with van der Waals surface area (Å²) < 4.78 is 16.7. The number of hydrogen-bond donors (Lipinski definition) is 2. The van der Waals surface area contributed by atoms with Crippen molar-refractivity contribution in [3.05, 3.63) is 33.9 Å². The summed E-state index contributed by atoms with van der Waals surface area (Å²) in [5.74, 6) is -1.32. The SMILES string of the molecule is CNCC1CN(c2nc3c(cc2F)c(=O)c(C(=O)O)cn3C2CC2)CC1(C)C.Cl. The van der Waals surface area contributed by atoms with E-state index < -0.39 is 17.2 Å². The van der Waals surface area contributed by atoms with Crippen molar-refractivity contribution in [2.24, 2.45) is 11.3 Å². The molecule has 1 aliphatic carbocycles. The van der Waals surface area contributed by atoms with Crippen molar-refractivity contribution >= 4 is 35.2 Å². The van der Waals surface area contributed by atoms with E-state index in [9.17, 15) is 19.1 Å². The maximum atomic E-state index is 15.0. The first-order valence-corrected chi connectivity index (χ1v) is 9.61. The first-order valence-electron chi connectivity index (χ1n) is 9.61. The number of halogens is 2. The average molecular weight is 425 g/mol. The molecule has 2 aromatic rings. The average Bonchev–Trinajstić information content (AvgIpc) is 3.41. The summed E-state index contributed by atoms with van der Waals surface area (Å²) in [6, 6.07) is 1.27. The van der Waals surface area contributed by atoms with E-state index in [1.54, 1.807) is 4.57 Å². The Morgan fingerprint density at radius 2 is 2.10 bits per heavy atom. The highest BCUT2D eigenvalue weighted by Gasteiger charge is 2.40. The number of hydrogen-bond acceptors (Lipinski definition) is 5. The van der Waals surface area contributed by atoms with Crippen LogP contribution >= 0.6 is 12.4 Å². The lowest BCUT2D eigenvalue weighted by molar-refractivity contribution is 0.0695. The van der Waals surface area contributed by atoms with Crippen molar-refractivity contribution in [2.75, 3.05) is 31.6 Å². The molecule has 2 aromatic heterocycles. The molecule has 2 N–H and O–H groups in total. The van der Waals surface area contributed by atoms with Crippen molar-refractivity contribution in [3.63, 3.8) is 0 Å². The smallest absolute Gasteiger partial charge is 0.341 e. The summed E-state index contributed by atoms with van der Waals surface area (Å²) in [6.07, 6.45) is 3.15. The van der Waals surface area contributed by atoms with Crippen molar-refractivity contribution in [1.29, 1.82) is 0 Å². The fourth-order valence-electron chi connectivity index (χ4n) is 4.19. The molecule has 3 heterocycles. The Balaban J connectivity index is 0.00000240. The summed E-state index contributed by atoms with van der Waals surface area (Å²) in [5, 5.41) is 12.6. The van der Waals surface area contributed by atoms with Crippen LogP contribution in [0.15, 0.2) is 17.1 Å². The molecule has 2 aliphatic rings. The van der Waals surface area contributed by atoms with E-state index in [1.165, 1.54) is 6.20 Å². The number of nitrogens with zero attached hydrogens (tertiary/aromatic N) is 3. The Bertz CT molecular complexity index is 1020. The molecule has 1 aliphatic heterocycles. The highest BCUT2D eigenvalue weighted by molar-refractivity contribution is 5.92. The van der Waals surface area contributed by atoms with Gasteiger partial charge in [-0.05, 0) is 43.8 Å². The molecule has 1 atom stereocenters. The van der Waals surface area contributed by atoms with Gasteiger partial charge in [-0.1, -0.05) is 13.8 Å². The van der Waals surface area contributed by atoms with Crippen molar-refractivity contribution in [1.82, 2.24) is 14.9 Å². The van der Waals surface area contributed by atoms with E-state index in [0.717, 1.165) is 25.5 Å². The Hall–Kier alpha value is -2.19. The van der Waals surface area contributed by atoms with E-state index in [-0.39, 0.29) is 40.6 Å². The molecule has 1 unspecified atom stereocenters. The van der Waals surface area contributed by atoms with Gasteiger partial charge in [0, 0.05) is 25.3 Å². The van der Waals surface area contributed by atoms with Gasteiger partial charge in [0.2, 0.25) is 5.43 Å². The molecule has 0 amide bonds. The number of carbonyl (C=O) groups is 1. The zero-order chi connectivity index (χ0) is 20.2. The van der Waals surface area contributed by atoms with Gasteiger partial charge in [-0.25, -0.2) is 14.2 Å². The van der Waals surface area contributed by atoms with Crippen LogP contribution in [0.25, 0.3) is 11.0 Å². The first kappa shape index (κ1) is 21.5. The van der Waals surface area contributed by atoms with Crippen molar-refractivity contribution < 1.29 is 14.3 Å². The summed E-state index contributed by atoms with van der Waals surface area (Å²) in [6.45, 7) is 6.48. The second-order valence-corrected chi connectivity index (χ2v) is 8.60. The minimum atomic E-state index is -1.30. The van der Waals surface area contributed by atoms with Crippen LogP contribution in [0.1, 0.15) is 43.1 Å². The minimum Gasteiger partial charge on any atom is -0.477 e. The first-order chi connectivity index (χ1) is 13.2. The van der Waals surface area contributed by atoms with Gasteiger partial charge in [-0.3, -0.25) is 4.79 Å². The molecule has 7 nitrogen and oxygen atoms in total. The zero-order valence-electron chi connectivity index (χ0n) is 16.7. The number of aromatic carboxylic acids is 1. The monoisotopic (exact) mass is 424 g/mol. The van der Waals surface area contributed by atoms with Crippen molar-refractivity contribution in [2.45, 2.75) is 32.7 Å². The minimum absolute atomic E-state index is 0. The molecule has 29 heavy (non-hydrogen) atoms. The molecule has 0 aromatic carbocycles. The molecule has 0 spiro atoms. The van der Waals surface area contributed by atoms with Crippen LogP contribution < -0.4 is 15.6 Å². The second-order valence-electron chi connectivity index (χ2n) is 8.60. The van der Waals surface area contributed by atoms with Crippen LogP contribution in [0.3, 0.4) is 0 Å². The fourth-order valence-corrected chi connectivity index (χ4v) is 4.19. The van der Waals surface area contributed by atoms with Gasteiger partial charge < -0.3 is 19.9 Å². The van der Waals surface area contributed by atoms with E-state index in [0.29, 0.717) is 24.7 Å². The van der Waals surface area contributed by atoms with E-state index >= 15 is 0 Å². The number of anilines is 1. The quantitative estimate of drug-likeness (QED) is 0.767. The summed E-state index contributed by atoms with van der Waals surface area (Å²) in [7, 11) is 1.90. The van der Waals surface area contributed by atoms with Gasteiger partial charge in [0.15, 0.2) is 11.6 Å². The third kappa shape index (κ3) is 3.71. The fraction of sp³-hybridized carbons (Fsp3) is 0.550. The number of aromatic nitrogens is 2. The number of nitrogens with one attached hydrogen (secondary N) is 1. The van der Waals surface area contributed by atoms with Crippen LogP contribution in [-0.2, 0) is 0 Å². The summed E-state index contributed by atoms with van der Waals surface area (Å²) in [5.41, 5.74) is -0.671. The predicted molar refractivity (Wildman–Crippen MR) is 112 cm³/mol. The maximum absolute atomic E-state index is 15.0. The largest absolute Gasteiger partial charge is 0.477 e. The zero-order valence-corrected chi connectivity index (χ0v) is 17.6. The van der Waals surface area contributed by atoms with Crippen LogP contribution in [0.5, 0.6) is 0 Å². The highest BCUT2D eigenvalue weighted by Crippen LogP contribution is 2.40. The molecule has 158 valence electrons. The lowest BCUT2D eigenvalue weighted by Gasteiger charge is -2.25. The number of carboxylic acids is 1. The van der Waals surface area contributed by atoms with Gasteiger partial charge >= 0.3 is 5.97 Å². The van der Waals surface area contributed by atoms with E-state index in [2.05, 4.69) is 24.1 Å². The van der Waals surface area contributed by atoms with Gasteiger partial charge in [0.25, 0.3) is 0 Å². The maximum Gasteiger partial charge on any atom is 0.341 e. The predicted octanol–water partition coefficient (Wildman–Crippen LogP) is 2.67. The van der Waals surface area contributed by atoms with Crippen LogP contribution in [0.4, 0.5) is 10.2 Å². The molecule has 4 rings (SSSR count). The Labute approximate surface area is 174 Å². The normalized spacial score (nSPS) is 20.7. The molecular formula is C20H26ClFN4O3. The standard InChI is InChI=1S/C20H25FN4O3.ClH/c1-20(2)10-24(8-11(20)7-22-3)18-15(21)6-13-16(26)14(19(27)28)9-25(12-4-5-12)17(13)23-18;/h6,9,11-12,22H,4-5,7-8,10H2,1-3H3,(H,27,28);1H. The molecule has 0 radical (unpaired) electrons. The van der Waals surface area contributed by atoms with Crippen LogP contribution in [-0.4, -0.2) is 47.3 Å². The summed E-state index contributed by atoms with van der Waals surface area (Å²) in [4.78, 5) is 30.5. The van der Waals surface area contributed by atoms with E-state index in [1.807, 2.05) is 11.9 Å². The molecule has 9 heteroatoms. The van der Waals surface area contributed by atoms with Gasteiger partial charge in [-0.15, -0.1) is 12.4 Å². The van der Waals surface area contributed by atoms with Gasteiger partial charge in [0.05, 0.1) is 5.39 Å². The Morgan fingerprint density at radius 3 is 2.69 bits per heavy atom. The molecule has 1 saturated carbocycles. The number of rotatable bonds is 5. The highest BCUT2D eigenvalue weighted by atomic mass is 35.5. The lowest BCUT2D eigenvalue weighted by Crippen LogP contribution is -2.30. The lowest BCUT2D eigenvalue weighted by atomic mass is 9.82. The van der Waals surface area contributed by atoms with Gasteiger partial charge in [0.1, 0.15) is 11.2 Å². The topological polar surface area (TPSA) is 87.5 Å². The second kappa shape index (κ2) is 7.57. The number of fused-ring (bicyclic) bond motifs is 1.